The Bertz CT molecular complexity index is 758. The number of carbonyl (C=O) groups is 1. The van der Waals surface area contributed by atoms with Crippen LogP contribution in [0.2, 0.25) is 0 Å². The lowest BCUT2D eigenvalue weighted by atomic mass is 10.1. The smallest absolute Gasteiger partial charge is 0.209 e. The van der Waals surface area contributed by atoms with Crippen LogP contribution in [0.3, 0.4) is 0 Å². The van der Waals surface area contributed by atoms with E-state index in [1.54, 1.807) is 31.4 Å². The molecular weight excluding hydrogens is 274 g/mol. The Kier molecular flexibility index (Phi) is 4.05. The van der Waals surface area contributed by atoms with Crippen LogP contribution in [-0.4, -0.2) is 17.9 Å². The fourth-order valence-corrected chi connectivity index (χ4v) is 2.39. The van der Waals surface area contributed by atoms with E-state index in [0.717, 1.165) is 17.9 Å². The minimum atomic E-state index is -0.0121. The van der Waals surface area contributed by atoms with E-state index in [4.69, 9.17) is 4.74 Å². The molecule has 1 aromatic heterocycles. The van der Waals surface area contributed by atoms with Crippen LogP contribution in [-0.2, 0) is 6.42 Å². The van der Waals surface area contributed by atoms with Crippen LogP contribution in [0.25, 0.3) is 0 Å². The van der Waals surface area contributed by atoms with Gasteiger partial charge < -0.3 is 9.72 Å². The van der Waals surface area contributed by atoms with Gasteiger partial charge in [0.05, 0.1) is 12.8 Å². The van der Waals surface area contributed by atoms with E-state index in [2.05, 4.69) is 17.1 Å². The zero-order valence-electron chi connectivity index (χ0n) is 12.4. The Morgan fingerprint density at radius 2 is 1.68 bits per heavy atom. The summed E-state index contributed by atoms with van der Waals surface area (Å²) >= 11 is 0. The van der Waals surface area contributed by atoms with Crippen LogP contribution in [0, 0.1) is 0 Å². The number of H-pyrrole nitrogens is 1. The summed E-state index contributed by atoms with van der Waals surface area (Å²) in [5, 5.41) is 0. The first-order chi connectivity index (χ1) is 10.8. The molecule has 1 N–H and O–H groups in total. The number of ketones is 1. The van der Waals surface area contributed by atoms with E-state index < -0.39 is 0 Å². The number of hydrogen-bond donors (Lipinski definition) is 1. The zero-order chi connectivity index (χ0) is 15.4. The fraction of sp³-hybridized carbons (Fsp3) is 0.105. The largest absolute Gasteiger partial charge is 0.497 e. The van der Waals surface area contributed by atoms with Gasteiger partial charge in [-0.2, -0.15) is 0 Å². The number of aromatic nitrogens is 1. The summed E-state index contributed by atoms with van der Waals surface area (Å²) in [5.74, 6) is 0.731. The van der Waals surface area contributed by atoms with Gasteiger partial charge in [0.2, 0.25) is 5.78 Å². The molecule has 3 rings (SSSR count). The molecule has 0 saturated heterocycles. The van der Waals surface area contributed by atoms with Gasteiger partial charge in [-0.3, -0.25) is 4.79 Å². The first-order valence-corrected chi connectivity index (χ1v) is 7.17. The maximum atomic E-state index is 12.4. The van der Waals surface area contributed by atoms with Gasteiger partial charge >= 0.3 is 0 Å². The Hall–Kier alpha value is -2.81. The zero-order valence-corrected chi connectivity index (χ0v) is 12.4. The Labute approximate surface area is 129 Å². The summed E-state index contributed by atoms with van der Waals surface area (Å²) < 4.78 is 5.11. The van der Waals surface area contributed by atoms with Gasteiger partial charge in [0.15, 0.2) is 0 Å². The van der Waals surface area contributed by atoms with E-state index in [9.17, 15) is 4.79 Å². The van der Waals surface area contributed by atoms with Crippen LogP contribution < -0.4 is 4.74 Å². The second-order valence-electron chi connectivity index (χ2n) is 5.12. The molecule has 0 unspecified atom stereocenters. The summed E-state index contributed by atoms with van der Waals surface area (Å²) in [7, 11) is 1.61. The summed E-state index contributed by atoms with van der Waals surface area (Å²) in [5.41, 5.74) is 3.50. The minimum absolute atomic E-state index is 0.0121. The average molecular weight is 291 g/mol. The predicted molar refractivity (Wildman–Crippen MR) is 86.5 cm³/mol. The van der Waals surface area contributed by atoms with E-state index in [0.29, 0.717) is 11.3 Å². The molecule has 110 valence electrons. The molecular formula is C19H17NO2. The number of hydrogen-bond acceptors (Lipinski definition) is 2. The predicted octanol–water partition coefficient (Wildman–Crippen LogP) is 3.85. The molecule has 0 aliphatic heterocycles. The second-order valence-corrected chi connectivity index (χ2v) is 5.12. The number of ether oxygens (including phenoxy) is 1. The van der Waals surface area contributed by atoms with Crippen molar-refractivity contribution in [3.05, 3.63) is 89.2 Å². The van der Waals surface area contributed by atoms with Crippen molar-refractivity contribution in [1.29, 1.82) is 0 Å². The molecule has 0 aliphatic carbocycles. The molecule has 3 heteroatoms. The molecule has 0 atom stereocenters. The third-order valence-corrected chi connectivity index (χ3v) is 3.58. The van der Waals surface area contributed by atoms with Crippen molar-refractivity contribution in [3.63, 3.8) is 0 Å². The lowest BCUT2D eigenvalue weighted by molar-refractivity contribution is 0.103. The number of methoxy groups -OCH3 is 1. The molecule has 1 heterocycles. The molecule has 22 heavy (non-hydrogen) atoms. The van der Waals surface area contributed by atoms with Crippen molar-refractivity contribution in [2.24, 2.45) is 0 Å². The van der Waals surface area contributed by atoms with Gasteiger partial charge in [-0.25, -0.2) is 0 Å². The summed E-state index contributed by atoms with van der Waals surface area (Å²) in [6.07, 6.45) is 0.788. The van der Waals surface area contributed by atoms with Crippen molar-refractivity contribution in [3.8, 4) is 5.75 Å². The van der Waals surface area contributed by atoms with Gasteiger partial charge in [0, 0.05) is 17.7 Å². The van der Waals surface area contributed by atoms with Crippen molar-refractivity contribution in [1.82, 2.24) is 4.98 Å². The fourth-order valence-electron chi connectivity index (χ4n) is 2.39. The first-order valence-electron chi connectivity index (χ1n) is 7.17. The standard InChI is InChI=1S/C19H17NO2/c1-22-17-10-7-15(8-11-17)19(21)18-12-9-16(20-18)13-14-5-3-2-4-6-14/h2-12,20H,13H2,1H3. The van der Waals surface area contributed by atoms with Gasteiger partial charge in [-0.05, 0) is 42.0 Å². The Morgan fingerprint density at radius 3 is 2.36 bits per heavy atom. The number of rotatable bonds is 5. The number of carbonyl (C=O) groups excluding carboxylic acids is 1. The molecule has 0 bridgehead atoms. The molecule has 0 aliphatic rings. The molecule has 0 amide bonds. The Morgan fingerprint density at radius 1 is 0.955 bits per heavy atom. The van der Waals surface area contributed by atoms with E-state index in [1.165, 1.54) is 5.56 Å². The summed E-state index contributed by atoms with van der Waals surface area (Å²) in [6.45, 7) is 0. The van der Waals surface area contributed by atoms with Crippen molar-refractivity contribution in [2.45, 2.75) is 6.42 Å². The monoisotopic (exact) mass is 291 g/mol. The van der Waals surface area contributed by atoms with Gasteiger partial charge in [-0.15, -0.1) is 0 Å². The lowest BCUT2D eigenvalue weighted by Gasteiger charge is -2.02. The third kappa shape index (κ3) is 3.09. The molecule has 0 saturated carbocycles. The average Bonchev–Trinajstić information content (AvgIpc) is 3.04. The molecule has 3 nitrogen and oxygen atoms in total. The van der Waals surface area contributed by atoms with Gasteiger partial charge in [0.25, 0.3) is 0 Å². The third-order valence-electron chi connectivity index (χ3n) is 3.58. The molecule has 2 aromatic carbocycles. The number of benzene rings is 2. The van der Waals surface area contributed by atoms with Crippen LogP contribution in [0.1, 0.15) is 27.3 Å². The molecule has 0 fully saturated rings. The first kappa shape index (κ1) is 14.1. The highest BCUT2D eigenvalue weighted by atomic mass is 16.5. The SMILES string of the molecule is COc1ccc(C(=O)c2ccc(Cc3ccccc3)[nH]2)cc1. The van der Waals surface area contributed by atoms with Crippen molar-refractivity contribution >= 4 is 5.78 Å². The number of aromatic amines is 1. The molecule has 0 radical (unpaired) electrons. The maximum Gasteiger partial charge on any atom is 0.209 e. The van der Waals surface area contributed by atoms with Crippen molar-refractivity contribution < 1.29 is 9.53 Å². The van der Waals surface area contributed by atoms with E-state index in [-0.39, 0.29) is 5.78 Å². The number of nitrogens with one attached hydrogen (secondary N) is 1. The van der Waals surface area contributed by atoms with Crippen molar-refractivity contribution in [2.75, 3.05) is 7.11 Å². The summed E-state index contributed by atoms with van der Waals surface area (Å²) in [6, 6.07) is 21.1. The van der Waals surface area contributed by atoms with Gasteiger partial charge in [-0.1, -0.05) is 30.3 Å². The lowest BCUT2D eigenvalue weighted by Crippen LogP contribution is -2.02. The van der Waals surface area contributed by atoms with E-state index in [1.807, 2.05) is 30.3 Å². The Balaban J connectivity index is 1.76. The van der Waals surface area contributed by atoms with Crippen LogP contribution >= 0.6 is 0 Å². The highest BCUT2D eigenvalue weighted by Crippen LogP contribution is 2.16. The maximum absolute atomic E-state index is 12.4. The summed E-state index contributed by atoms with van der Waals surface area (Å²) in [4.78, 5) is 15.6. The van der Waals surface area contributed by atoms with Crippen LogP contribution in [0.5, 0.6) is 5.75 Å². The normalized spacial score (nSPS) is 10.4. The topological polar surface area (TPSA) is 42.1 Å². The highest BCUT2D eigenvalue weighted by Gasteiger charge is 2.11. The quantitative estimate of drug-likeness (QED) is 0.726. The molecule has 0 spiro atoms. The van der Waals surface area contributed by atoms with Gasteiger partial charge in [0.1, 0.15) is 5.75 Å². The minimum Gasteiger partial charge on any atom is -0.497 e. The van der Waals surface area contributed by atoms with Crippen LogP contribution in [0.15, 0.2) is 66.7 Å². The van der Waals surface area contributed by atoms with Crippen LogP contribution in [0.4, 0.5) is 0 Å². The van der Waals surface area contributed by atoms with E-state index >= 15 is 0 Å². The second kappa shape index (κ2) is 6.31. The highest BCUT2D eigenvalue weighted by molar-refractivity contribution is 6.07. The molecule has 3 aromatic rings.